The summed E-state index contributed by atoms with van der Waals surface area (Å²) in [7, 11) is 0. The van der Waals surface area contributed by atoms with Crippen LogP contribution in [0, 0.1) is 0 Å². The fraction of sp³-hybridized carbons (Fsp3) is 0.381. The molecule has 4 heterocycles. The topological polar surface area (TPSA) is 95.1 Å². The molecule has 1 aromatic carbocycles. The SMILES string of the molecule is O=C(c1cnn(-c2ccccc2)n1)N1CCCC1Cn1nc2c(cc1=O)COCC2. The van der Waals surface area contributed by atoms with Crippen molar-refractivity contribution in [2.45, 2.75) is 38.5 Å². The highest BCUT2D eigenvalue weighted by molar-refractivity contribution is 5.92. The number of hydrogen-bond donors (Lipinski definition) is 0. The molecule has 1 amide bonds. The van der Waals surface area contributed by atoms with Gasteiger partial charge in [-0.05, 0) is 25.0 Å². The minimum Gasteiger partial charge on any atom is -0.376 e. The molecule has 2 aromatic heterocycles. The molecule has 0 saturated carbocycles. The molecule has 9 heteroatoms. The van der Waals surface area contributed by atoms with E-state index in [0.29, 0.717) is 38.4 Å². The highest BCUT2D eigenvalue weighted by atomic mass is 16.5. The van der Waals surface area contributed by atoms with Crippen molar-refractivity contribution in [2.75, 3.05) is 13.2 Å². The number of rotatable bonds is 4. The van der Waals surface area contributed by atoms with E-state index in [1.165, 1.54) is 15.7 Å². The molecule has 0 bridgehead atoms. The van der Waals surface area contributed by atoms with Gasteiger partial charge < -0.3 is 9.64 Å². The largest absolute Gasteiger partial charge is 0.376 e. The lowest BCUT2D eigenvalue weighted by Crippen LogP contribution is -2.41. The van der Waals surface area contributed by atoms with Gasteiger partial charge in [-0.3, -0.25) is 9.59 Å². The summed E-state index contributed by atoms with van der Waals surface area (Å²) in [5, 5.41) is 13.1. The number of ether oxygens (including phenoxy) is 1. The van der Waals surface area contributed by atoms with E-state index in [9.17, 15) is 9.59 Å². The molecule has 0 radical (unpaired) electrons. The van der Waals surface area contributed by atoms with Crippen LogP contribution in [0.25, 0.3) is 5.69 Å². The molecule has 1 fully saturated rings. The van der Waals surface area contributed by atoms with Crippen LogP contribution in [-0.4, -0.2) is 54.8 Å². The number of likely N-dealkylation sites (tertiary alicyclic amines) is 1. The predicted molar refractivity (Wildman–Crippen MR) is 107 cm³/mol. The lowest BCUT2D eigenvalue weighted by atomic mass is 10.1. The maximum Gasteiger partial charge on any atom is 0.276 e. The van der Waals surface area contributed by atoms with Crippen molar-refractivity contribution >= 4 is 5.91 Å². The Bertz CT molecular complexity index is 1120. The van der Waals surface area contributed by atoms with E-state index in [1.807, 2.05) is 30.3 Å². The summed E-state index contributed by atoms with van der Waals surface area (Å²) in [4.78, 5) is 28.8. The summed E-state index contributed by atoms with van der Waals surface area (Å²) in [6.07, 6.45) is 3.91. The molecule has 154 valence electrons. The smallest absolute Gasteiger partial charge is 0.276 e. The number of benzene rings is 1. The molecule has 1 atom stereocenters. The van der Waals surface area contributed by atoms with Gasteiger partial charge in [-0.25, -0.2) is 4.68 Å². The highest BCUT2D eigenvalue weighted by Gasteiger charge is 2.32. The van der Waals surface area contributed by atoms with Crippen molar-refractivity contribution < 1.29 is 9.53 Å². The van der Waals surface area contributed by atoms with Gasteiger partial charge in [0.05, 0.1) is 43.4 Å². The molecule has 1 unspecified atom stereocenters. The summed E-state index contributed by atoms with van der Waals surface area (Å²) in [6, 6.07) is 11.0. The highest BCUT2D eigenvalue weighted by Crippen LogP contribution is 2.21. The first-order chi connectivity index (χ1) is 14.7. The first-order valence-corrected chi connectivity index (χ1v) is 10.2. The van der Waals surface area contributed by atoms with Crippen molar-refractivity contribution in [1.82, 2.24) is 29.7 Å². The fourth-order valence-corrected chi connectivity index (χ4v) is 4.07. The van der Waals surface area contributed by atoms with Crippen LogP contribution in [0.1, 0.15) is 34.6 Å². The average Bonchev–Trinajstić information content (AvgIpc) is 3.44. The molecule has 2 aliphatic rings. The third kappa shape index (κ3) is 3.52. The van der Waals surface area contributed by atoms with Crippen molar-refractivity contribution in [2.24, 2.45) is 0 Å². The Balaban J connectivity index is 1.35. The van der Waals surface area contributed by atoms with Crippen LogP contribution in [0.15, 0.2) is 47.4 Å². The minimum absolute atomic E-state index is 0.0949. The number of hydrogen-bond acceptors (Lipinski definition) is 6. The second-order valence-corrected chi connectivity index (χ2v) is 7.59. The number of nitrogens with zero attached hydrogens (tertiary/aromatic N) is 6. The normalized spacial score (nSPS) is 18.4. The van der Waals surface area contributed by atoms with Crippen molar-refractivity contribution in [3.8, 4) is 5.69 Å². The van der Waals surface area contributed by atoms with E-state index in [0.717, 1.165) is 29.8 Å². The molecule has 2 aliphatic heterocycles. The van der Waals surface area contributed by atoms with Gasteiger partial charge in [0.25, 0.3) is 11.5 Å². The standard InChI is InChI=1S/C21H22N6O3/c28-20-11-15-14-30-10-8-18(15)23-26(20)13-17-7-4-9-25(17)21(29)19-12-22-27(24-19)16-5-2-1-3-6-16/h1-3,5-6,11-12,17H,4,7-10,13-14H2. The van der Waals surface area contributed by atoms with E-state index in [1.54, 1.807) is 11.0 Å². The third-order valence-corrected chi connectivity index (χ3v) is 5.62. The maximum absolute atomic E-state index is 13.1. The second kappa shape index (κ2) is 7.83. The Kier molecular flexibility index (Phi) is 4.88. The van der Waals surface area contributed by atoms with Crippen molar-refractivity contribution in [3.63, 3.8) is 0 Å². The number of aromatic nitrogens is 5. The minimum atomic E-state index is -0.168. The molecule has 0 N–H and O–H groups in total. The molecule has 5 rings (SSSR count). The molecule has 9 nitrogen and oxygen atoms in total. The quantitative estimate of drug-likeness (QED) is 0.646. The number of amides is 1. The number of para-hydroxylation sites is 1. The summed E-state index contributed by atoms with van der Waals surface area (Å²) in [5.74, 6) is -0.168. The predicted octanol–water partition coefficient (Wildman–Crippen LogP) is 1.20. The summed E-state index contributed by atoms with van der Waals surface area (Å²) in [5.41, 5.74) is 2.70. The summed E-state index contributed by atoms with van der Waals surface area (Å²) < 4.78 is 6.89. The number of fused-ring (bicyclic) bond motifs is 1. The van der Waals surface area contributed by atoms with E-state index >= 15 is 0 Å². The van der Waals surface area contributed by atoms with E-state index in [4.69, 9.17) is 4.74 Å². The van der Waals surface area contributed by atoms with Crippen LogP contribution >= 0.6 is 0 Å². The summed E-state index contributed by atoms with van der Waals surface area (Å²) >= 11 is 0. The van der Waals surface area contributed by atoms with Gasteiger partial charge in [0.15, 0.2) is 5.69 Å². The lowest BCUT2D eigenvalue weighted by molar-refractivity contribution is 0.0713. The molecule has 0 aliphatic carbocycles. The lowest BCUT2D eigenvalue weighted by Gasteiger charge is -2.25. The first kappa shape index (κ1) is 18.7. The van der Waals surface area contributed by atoms with Crippen LogP contribution in [0.5, 0.6) is 0 Å². The van der Waals surface area contributed by atoms with Crippen molar-refractivity contribution in [1.29, 1.82) is 0 Å². The van der Waals surface area contributed by atoms with Crippen molar-refractivity contribution in [3.05, 3.63) is 69.9 Å². The average molecular weight is 406 g/mol. The molecule has 30 heavy (non-hydrogen) atoms. The Hall–Kier alpha value is -3.33. The van der Waals surface area contributed by atoms with E-state index in [2.05, 4.69) is 15.3 Å². The van der Waals surface area contributed by atoms with Gasteiger partial charge in [0, 0.05) is 24.6 Å². The Morgan fingerprint density at radius 2 is 2.07 bits per heavy atom. The number of carbonyl (C=O) groups is 1. The summed E-state index contributed by atoms with van der Waals surface area (Å²) in [6.45, 7) is 2.06. The molecule has 3 aromatic rings. The molecular formula is C21H22N6O3. The fourth-order valence-electron chi connectivity index (χ4n) is 4.07. The number of carbonyl (C=O) groups excluding carboxylic acids is 1. The van der Waals surface area contributed by atoms with Gasteiger partial charge in [-0.15, -0.1) is 5.10 Å². The van der Waals surface area contributed by atoms with Gasteiger partial charge in [0.2, 0.25) is 0 Å². The third-order valence-electron chi connectivity index (χ3n) is 5.62. The van der Waals surface area contributed by atoms with E-state index < -0.39 is 0 Å². The van der Waals surface area contributed by atoms with Gasteiger partial charge in [0.1, 0.15) is 0 Å². The second-order valence-electron chi connectivity index (χ2n) is 7.59. The van der Waals surface area contributed by atoms with Crippen LogP contribution in [0.4, 0.5) is 0 Å². The molecular weight excluding hydrogens is 384 g/mol. The Morgan fingerprint density at radius 3 is 2.93 bits per heavy atom. The van der Waals surface area contributed by atoms with Gasteiger partial charge in [-0.1, -0.05) is 18.2 Å². The Labute approximate surface area is 172 Å². The molecule has 0 spiro atoms. The first-order valence-electron chi connectivity index (χ1n) is 10.2. The zero-order valence-electron chi connectivity index (χ0n) is 16.5. The van der Waals surface area contributed by atoms with Gasteiger partial charge in [-0.2, -0.15) is 15.0 Å². The van der Waals surface area contributed by atoms with Gasteiger partial charge >= 0.3 is 0 Å². The zero-order valence-corrected chi connectivity index (χ0v) is 16.5. The monoisotopic (exact) mass is 406 g/mol. The van der Waals surface area contributed by atoms with Crippen LogP contribution in [-0.2, 0) is 24.3 Å². The molecule has 1 saturated heterocycles. The zero-order chi connectivity index (χ0) is 20.5. The van der Waals surface area contributed by atoms with Crippen LogP contribution in [0.2, 0.25) is 0 Å². The van der Waals surface area contributed by atoms with Crippen LogP contribution in [0.3, 0.4) is 0 Å². The maximum atomic E-state index is 13.1. The Morgan fingerprint density at radius 1 is 1.20 bits per heavy atom. The van der Waals surface area contributed by atoms with Crippen LogP contribution < -0.4 is 5.56 Å². The van der Waals surface area contributed by atoms with E-state index in [-0.39, 0.29) is 17.5 Å².